The first-order valence-corrected chi connectivity index (χ1v) is 8.59. The maximum Gasteiger partial charge on any atom is 0.272 e. The van der Waals surface area contributed by atoms with Crippen molar-refractivity contribution < 1.29 is 13.2 Å². The van der Waals surface area contributed by atoms with Crippen molar-refractivity contribution in [2.24, 2.45) is 0 Å². The number of carbonyl (C=O) groups is 1. The summed E-state index contributed by atoms with van der Waals surface area (Å²) >= 11 is 0. The molecule has 0 saturated carbocycles. The van der Waals surface area contributed by atoms with Crippen LogP contribution in [0.15, 0.2) is 29.8 Å². The first kappa shape index (κ1) is 15.5. The van der Waals surface area contributed by atoms with Crippen LogP contribution in [0.25, 0.3) is 0 Å². The lowest BCUT2D eigenvalue weighted by atomic mass is 10.2. The van der Waals surface area contributed by atoms with Gasteiger partial charge in [-0.05, 0) is 26.0 Å². The molecule has 21 heavy (non-hydrogen) atoms. The SMILES string of the molecule is CCN(CC)C(=O)c1cc(NC2C=CS(=O)(=O)C2)ccn1. The van der Waals surface area contributed by atoms with Crippen LogP contribution in [0, 0.1) is 0 Å². The Morgan fingerprint density at radius 2 is 2.14 bits per heavy atom. The Kier molecular flexibility index (Phi) is 4.62. The van der Waals surface area contributed by atoms with Crippen molar-refractivity contribution in [2.45, 2.75) is 19.9 Å². The molecule has 1 amide bonds. The van der Waals surface area contributed by atoms with Gasteiger partial charge >= 0.3 is 0 Å². The predicted octanol–water partition coefficient (Wildman–Crippen LogP) is 1.29. The fourth-order valence-corrected chi connectivity index (χ4v) is 3.43. The fourth-order valence-electron chi connectivity index (χ4n) is 2.19. The van der Waals surface area contributed by atoms with Crippen LogP contribution in [0.4, 0.5) is 5.69 Å². The van der Waals surface area contributed by atoms with Crippen LogP contribution in [0.3, 0.4) is 0 Å². The molecule has 7 heteroatoms. The average Bonchev–Trinajstić information content (AvgIpc) is 2.79. The second-order valence-corrected chi connectivity index (χ2v) is 6.75. The average molecular weight is 309 g/mol. The topological polar surface area (TPSA) is 79.4 Å². The third-order valence-corrected chi connectivity index (χ3v) is 4.71. The first-order chi connectivity index (χ1) is 9.95. The largest absolute Gasteiger partial charge is 0.378 e. The van der Waals surface area contributed by atoms with Gasteiger partial charge < -0.3 is 10.2 Å². The molecule has 1 aromatic rings. The number of rotatable bonds is 5. The van der Waals surface area contributed by atoms with E-state index in [2.05, 4.69) is 10.3 Å². The monoisotopic (exact) mass is 309 g/mol. The molecule has 1 N–H and O–H groups in total. The van der Waals surface area contributed by atoms with Crippen molar-refractivity contribution in [1.29, 1.82) is 0 Å². The summed E-state index contributed by atoms with van der Waals surface area (Å²) in [7, 11) is -3.10. The van der Waals surface area contributed by atoms with E-state index in [4.69, 9.17) is 0 Å². The molecule has 1 aliphatic heterocycles. The minimum atomic E-state index is -3.10. The van der Waals surface area contributed by atoms with E-state index in [1.165, 1.54) is 5.41 Å². The summed E-state index contributed by atoms with van der Waals surface area (Å²) in [5.41, 5.74) is 1.04. The zero-order valence-corrected chi connectivity index (χ0v) is 12.9. The number of anilines is 1. The minimum Gasteiger partial charge on any atom is -0.378 e. The molecule has 1 aliphatic rings. The van der Waals surface area contributed by atoms with Gasteiger partial charge in [-0.25, -0.2) is 8.42 Å². The molecule has 0 radical (unpaired) electrons. The normalized spacial score (nSPS) is 19.4. The number of hydrogen-bond donors (Lipinski definition) is 1. The van der Waals surface area contributed by atoms with E-state index in [0.29, 0.717) is 24.5 Å². The Balaban J connectivity index is 2.11. The molecule has 114 valence electrons. The Hall–Kier alpha value is -1.89. The lowest BCUT2D eigenvalue weighted by Gasteiger charge is -2.18. The molecule has 2 rings (SSSR count). The summed E-state index contributed by atoms with van der Waals surface area (Å²) < 4.78 is 22.7. The highest BCUT2D eigenvalue weighted by Crippen LogP contribution is 2.16. The molecule has 1 aromatic heterocycles. The summed E-state index contributed by atoms with van der Waals surface area (Å²) in [5, 5.41) is 4.31. The van der Waals surface area contributed by atoms with Crippen molar-refractivity contribution >= 4 is 21.4 Å². The van der Waals surface area contributed by atoms with Crippen molar-refractivity contribution in [3.8, 4) is 0 Å². The van der Waals surface area contributed by atoms with Crippen molar-refractivity contribution in [3.63, 3.8) is 0 Å². The molecule has 0 bridgehead atoms. The third-order valence-electron chi connectivity index (χ3n) is 3.31. The number of hydrogen-bond acceptors (Lipinski definition) is 5. The van der Waals surface area contributed by atoms with Gasteiger partial charge in [0, 0.05) is 30.4 Å². The van der Waals surface area contributed by atoms with Crippen LogP contribution < -0.4 is 5.32 Å². The maximum atomic E-state index is 12.2. The van der Waals surface area contributed by atoms with Gasteiger partial charge in [0.1, 0.15) is 5.69 Å². The molecule has 0 fully saturated rings. The summed E-state index contributed by atoms with van der Waals surface area (Å²) in [5.74, 6) is -0.0903. The zero-order chi connectivity index (χ0) is 15.5. The number of amides is 1. The van der Waals surface area contributed by atoms with E-state index in [9.17, 15) is 13.2 Å². The molecule has 0 aliphatic carbocycles. The molecule has 1 atom stereocenters. The number of pyridine rings is 1. The highest BCUT2D eigenvalue weighted by Gasteiger charge is 2.22. The number of nitrogens with one attached hydrogen (secondary N) is 1. The molecule has 0 saturated heterocycles. The van der Waals surface area contributed by atoms with Crippen LogP contribution >= 0.6 is 0 Å². The summed E-state index contributed by atoms with van der Waals surface area (Å²) in [4.78, 5) is 18.0. The lowest BCUT2D eigenvalue weighted by Crippen LogP contribution is -2.31. The molecule has 1 unspecified atom stereocenters. The number of carbonyl (C=O) groups excluding carboxylic acids is 1. The van der Waals surface area contributed by atoms with Crippen LogP contribution in [0.5, 0.6) is 0 Å². The van der Waals surface area contributed by atoms with E-state index in [1.807, 2.05) is 13.8 Å². The van der Waals surface area contributed by atoms with Crippen LogP contribution in [0.1, 0.15) is 24.3 Å². The Bertz CT molecular complexity index is 651. The standard InChI is InChI=1S/C14H19N3O3S/c1-3-17(4-2)14(18)13-9-11(5-7-15-13)16-12-6-8-21(19,20)10-12/h5-9,12H,3-4,10H2,1-2H3,(H,15,16). The highest BCUT2D eigenvalue weighted by molar-refractivity contribution is 7.94. The number of aromatic nitrogens is 1. The summed E-state index contributed by atoms with van der Waals surface area (Å²) in [6, 6.07) is 3.10. The lowest BCUT2D eigenvalue weighted by molar-refractivity contribution is 0.0767. The molecular weight excluding hydrogens is 290 g/mol. The van der Waals surface area contributed by atoms with Crippen molar-refractivity contribution in [2.75, 3.05) is 24.2 Å². The number of sulfone groups is 1. The zero-order valence-electron chi connectivity index (χ0n) is 12.1. The van der Waals surface area contributed by atoms with Gasteiger partial charge in [0.15, 0.2) is 9.84 Å². The second kappa shape index (κ2) is 6.26. The van der Waals surface area contributed by atoms with Gasteiger partial charge in [-0.1, -0.05) is 6.08 Å². The van der Waals surface area contributed by atoms with E-state index in [1.54, 1.807) is 29.3 Å². The van der Waals surface area contributed by atoms with Gasteiger partial charge in [0.2, 0.25) is 0 Å². The van der Waals surface area contributed by atoms with E-state index in [0.717, 1.165) is 0 Å². The Labute approximate surface area is 124 Å². The fraction of sp³-hybridized carbons (Fsp3) is 0.429. The van der Waals surface area contributed by atoms with Gasteiger partial charge in [-0.3, -0.25) is 9.78 Å². The molecular formula is C14H19N3O3S. The first-order valence-electron chi connectivity index (χ1n) is 6.88. The van der Waals surface area contributed by atoms with Crippen molar-refractivity contribution in [3.05, 3.63) is 35.5 Å². The van der Waals surface area contributed by atoms with Crippen LogP contribution in [-0.2, 0) is 9.84 Å². The highest BCUT2D eigenvalue weighted by atomic mass is 32.2. The third kappa shape index (κ3) is 3.81. The Morgan fingerprint density at radius 3 is 2.71 bits per heavy atom. The van der Waals surface area contributed by atoms with E-state index < -0.39 is 9.84 Å². The second-order valence-electron chi connectivity index (χ2n) is 4.82. The van der Waals surface area contributed by atoms with Crippen molar-refractivity contribution in [1.82, 2.24) is 9.88 Å². The van der Waals surface area contributed by atoms with Gasteiger partial charge in [0.05, 0.1) is 11.8 Å². The summed E-state index contributed by atoms with van der Waals surface area (Å²) in [6.07, 6.45) is 3.16. The molecule has 6 nitrogen and oxygen atoms in total. The molecule has 2 heterocycles. The van der Waals surface area contributed by atoms with Crippen LogP contribution in [0.2, 0.25) is 0 Å². The maximum absolute atomic E-state index is 12.2. The predicted molar refractivity (Wildman–Crippen MR) is 81.8 cm³/mol. The van der Waals surface area contributed by atoms with Gasteiger partial charge in [-0.2, -0.15) is 0 Å². The number of nitrogens with zero attached hydrogens (tertiary/aromatic N) is 2. The van der Waals surface area contributed by atoms with E-state index in [-0.39, 0.29) is 17.7 Å². The Morgan fingerprint density at radius 1 is 1.43 bits per heavy atom. The molecule has 0 spiro atoms. The van der Waals surface area contributed by atoms with Gasteiger partial charge in [-0.15, -0.1) is 0 Å². The molecule has 0 aromatic carbocycles. The van der Waals surface area contributed by atoms with Gasteiger partial charge in [0.25, 0.3) is 5.91 Å². The summed E-state index contributed by atoms with van der Waals surface area (Å²) in [6.45, 7) is 5.08. The quantitative estimate of drug-likeness (QED) is 0.886. The van der Waals surface area contributed by atoms with Crippen LogP contribution in [-0.4, -0.2) is 49.1 Å². The minimum absolute atomic E-state index is 0.0364. The smallest absolute Gasteiger partial charge is 0.272 e. The van der Waals surface area contributed by atoms with E-state index >= 15 is 0 Å².